The zero-order chi connectivity index (χ0) is 16.1. The van der Waals surface area contributed by atoms with E-state index in [2.05, 4.69) is 48.8 Å². The number of thiophene rings is 1. The van der Waals surface area contributed by atoms with Crippen LogP contribution in [0.4, 0.5) is 5.69 Å². The van der Waals surface area contributed by atoms with Gasteiger partial charge >= 0.3 is 0 Å². The highest BCUT2D eigenvalue weighted by Crippen LogP contribution is 2.21. The Labute approximate surface area is 137 Å². The van der Waals surface area contributed by atoms with E-state index in [-0.39, 0.29) is 5.91 Å². The molecule has 2 aromatic rings. The van der Waals surface area contributed by atoms with Crippen LogP contribution in [-0.2, 0) is 11.3 Å². The molecule has 0 bridgehead atoms. The lowest BCUT2D eigenvalue weighted by molar-refractivity contribution is -0.903. The van der Waals surface area contributed by atoms with Crippen molar-refractivity contribution in [1.29, 1.82) is 0 Å². The summed E-state index contributed by atoms with van der Waals surface area (Å²) in [6, 6.07) is 8.41. The maximum atomic E-state index is 12.4. The van der Waals surface area contributed by atoms with Crippen molar-refractivity contribution >= 4 is 22.9 Å². The number of benzene rings is 1. The van der Waals surface area contributed by atoms with E-state index < -0.39 is 0 Å². The third-order valence-electron chi connectivity index (χ3n) is 3.86. The van der Waals surface area contributed by atoms with Crippen molar-refractivity contribution in [2.45, 2.75) is 34.2 Å². The van der Waals surface area contributed by atoms with E-state index in [1.165, 1.54) is 15.3 Å². The number of likely N-dealkylation sites (N-methyl/N-ethyl adjacent to an activating group) is 1. The van der Waals surface area contributed by atoms with E-state index in [0.29, 0.717) is 6.54 Å². The van der Waals surface area contributed by atoms with Gasteiger partial charge in [0.05, 0.1) is 11.4 Å². The topological polar surface area (TPSA) is 33.5 Å². The first-order valence-corrected chi connectivity index (χ1v) is 8.61. The van der Waals surface area contributed by atoms with Crippen molar-refractivity contribution in [2.75, 3.05) is 18.4 Å². The third kappa shape index (κ3) is 4.42. The fourth-order valence-electron chi connectivity index (χ4n) is 2.76. The minimum absolute atomic E-state index is 0.0865. The molecule has 1 heterocycles. The molecule has 1 unspecified atom stereocenters. The molecule has 22 heavy (non-hydrogen) atoms. The Kier molecular flexibility index (Phi) is 5.75. The van der Waals surface area contributed by atoms with Gasteiger partial charge in [-0.25, -0.2) is 0 Å². The normalized spacial score (nSPS) is 12.2. The summed E-state index contributed by atoms with van der Waals surface area (Å²) in [5.74, 6) is 0.0865. The van der Waals surface area contributed by atoms with Crippen LogP contribution in [0.5, 0.6) is 0 Å². The Hall–Kier alpha value is -1.65. The van der Waals surface area contributed by atoms with Gasteiger partial charge in [-0.05, 0) is 50.3 Å². The molecule has 1 aromatic carbocycles. The molecule has 0 saturated heterocycles. The Morgan fingerprint density at radius 3 is 2.45 bits per heavy atom. The van der Waals surface area contributed by atoms with Gasteiger partial charge in [0, 0.05) is 5.69 Å². The van der Waals surface area contributed by atoms with Crippen LogP contribution in [-0.4, -0.2) is 19.0 Å². The molecule has 2 rings (SSSR count). The van der Waals surface area contributed by atoms with Gasteiger partial charge in [-0.3, -0.25) is 4.79 Å². The van der Waals surface area contributed by atoms with Gasteiger partial charge in [-0.15, -0.1) is 11.3 Å². The van der Waals surface area contributed by atoms with Crippen LogP contribution in [0.2, 0.25) is 0 Å². The van der Waals surface area contributed by atoms with Gasteiger partial charge in [-0.1, -0.05) is 23.8 Å². The van der Waals surface area contributed by atoms with Crippen molar-refractivity contribution in [3.63, 3.8) is 0 Å². The quantitative estimate of drug-likeness (QED) is 0.844. The number of carbonyl (C=O) groups excluding carboxylic acids is 1. The molecule has 0 aliphatic carbocycles. The zero-order valence-electron chi connectivity index (χ0n) is 13.8. The first-order valence-electron chi connectivity index (χ1n) is 7.73. The molecule has 3 nitrogen and oxygen atoms in total. The molecule has 1 aromatic heterocycles. The first kappa shape index (κ1) is 16.7. The van der Waals surface area contributed by atoms with Gasteiger partial charge in [-0.2, -0.15) is 0 Å². The molecule has 0 radical (unpaired) electrons. The average Bonchev–Trinajstić information content (AvgIpc) is 2.95. The van der Waals surface area contributed by atoms with E-state index in [1.54, 1.807) is 11.3 Å². The lowest BCUT2D eigenvalue weighted by Gasteiger charge is -2.18. The Balaban J connectivity index is 2.00. The highest BCUT2D eigenvalue weighted by Gasteiger charge is 2.15. The fourth-order valence-corrected chi connectivity index (χ4v) is 3.54. The standard InChI is InChI=1S/C18H24N2OS/c1-5-20(11-16-7-6-8-22-16)12-17(21)19-18-14(3)9-13(2)10-15(18)4/h6-10H,5,11-12H2,1-4H3,(H,19,21)/p+1. The molecule has 0 fully saturated rings. The van der Waals surface area contributed by atoms with E-state index in [0.717, 1.165) is 29.9 Å². The Bertz CT molecular complexity index is 612. The summed E-state index contributed by atoms with van der Waals surface area (Å²) in [7, 11) is 0. The van der Waals surface area contributed by atoms with Crippen LogP contribution >= 0.6 is 11.3 Å². The predicted octanol–water partition coefficient (Wildman–Crippen LogP) is 2.72. The van der Waals surface area contributed by atoms with Crippen LogP contribution in [0, 0.1) is 20.8 Å². The maximum absolute atomic E-state index is 12.4. The summed E-state index contributed by atoms with van der Waals surface area (Å²) in [6.07, 6.45) is 0. The monoisotopic (exact) mass is 317 g/mol. The second-order valence-corrected chi connectivity index (χ2v) is 6.89. The van der Waals surface area contributed by atoms with E-state index >= 15 is 0 Å². The zero-order valence-corrected chi connectivity index (χ0v) is 14.6. The summed E-state index contributed by atoms with van der Waals surface area (Å²) in [5.41, 5.74) is 4.44. The molecule has 0 aliphatic heterocycles. The van der Waals surface area contributed by atoms with Gasteiger partial charge in [0.25, 0.3) is 5.91 Å². The second-order valence-electron chi connectivity index (χ2n) is 5.86. The van der Waals surface area contributed by atoms with Crippen LogP contribution in [0.15, 0.2) is 29.6 Å². The largest absolute Gasteiger partial charge is 0.323 e. The smallest absolute Gasteiger partial charge is 0.279 e. The minimum Gasteiger partial charge on any atom is -0.323 e. The molecule has 1 amide bonds. The number of anilines is 1. The summed E-state index contributed by atoms with van der Waals surface area (Å²) < 4.78 is 0. The van der Waals surface area contributed by atoms with Crippen LogP contribution in [0.3, 0.4) is 0 Å². The Morgan fingerprint density at radius 1 is 1.23 bits per heavy atom. The molecule has 1 atom stereocenters. The third-order valence-corrected chi connectivity index (χ3v) is 4.73. The number of carbonyl (C=O) groups is 1. The summed E-state index contributed by atoms with van der Waals surface area (Å²) >= 11 is 1.75. The lowest BCUT2D eigenvalue weighted by atomic mass is 10.1. The molecular weight excluding hydrogens is 292 g/mol. The number of amides is 1. The van der Waals surface area contributed by atoms with Crippen molar-refractivity contribution in [2.24, 2.45) is 0 Å². The van der Waals surface area contributed by atoms with Crippen molar-refractivity contribution < 1.29 is 9.69 Å². The van der Waals surface area contributed by atoms with Gasteiger partial charge in [0.1, 0.15) is 6.54 Å². The lowest BCUT2D eigenvalue weighted by Crippen LogP contribution is -3.11. The molecule has 4 heteroatoms. The summed E-state index contributed by atoms with van der Waals surface area (Å²) in [6.45, 7) is 10.7. The molecular formula is C18H25N2OS+. The minimum atomic E-state index is 0.0865. The Morgan fingerprint density at radius 2 is 1.91 bits per heavy atom. The predicted molar refractivity (Wildman–Crippen MR) is 93.7 cm³/mol. The first-order chi connectivity index (χ1) is 10.5. The molecule has 0 aliphatic rings. The second kappa shape index (κ2) is 7.56. The highest BCUT2D eigenvalue weighted by atomic mass is 32.1. The summed E-state index contributed by atoms with van der Waals surface area (Å²) in [4.78, 5) is 15.0. The van der Waals surface area contributed by atoms with Crippen molar-refractivity contribution in [1.82, 2.24) is 0 Å². The van der Waals surface area contributed by atoms with Gasteiger partial charge < -0.3 is 10.2 Å². The average molecular weight is 317 g/mol. The maximum Gasteiger partial charge on any atom is 0.279 e. The fraction of sp³-hybridized carbons (Fsp3) is 0.389. The number of aryl methyl sites for hydroxylation is 3. The molecule has 0 spiro atoms. The highest BCUT2D eigenvalue weighted by molar-refractivity contribution is 7.09. The van der Waals surface area contributed by atoms with E-state index in [1.807, 2.05) is 13.8 Å². The number of hydrogen-bond donors (Lipinski definition) is 2. The van der Waals surface area contributed by atoms with Crippen LogP contribution < -0.4 is 10.2 Å². The van der Waals surface area contributed by atoms with E-state index in [9.17, 15) is 4.79 Å². The van der Waals surface area contributed by atoms with Crippen molar-refractivity contribution in [3.05, 3.63) is 51.2 Å². The molecule has 2 N–H and O–H groups in total. The number of hydrogen-bond acceptors (Lipinski definition) is 2. The SMILES string of the molecule is CC[NH+](CC(=O)Nc1c(C)cc(C)cc1C)Cc1cccs1. The van der Waals surface area contributed by atoms with Gasteiger partial charge in [0.2, 0.25) is 0 Å². The van der Waals surface area contributed by atoms with Crippen LogP contribution in [0.1, 0.15) is 28.5 Å². The number of rotatable bonds is 6. The van der Waals surface area contributed by atoms with Gasteiger partial charge in [0.15, 0.2) is 6.54 Å². The summed E-state index contributed by atoms with van der Waals surface area (Å²) in [5, 5.41) is 5.18. The number of quaternary nitrogens is 1. The van der Waals surface area contributed by atoms with Crippen LogP contribution in [0.25, 0.3) is 0 Å². The van der Waals surface area contributed by atoms with E-state index in [4.69, 9.17) is 0 Å². The number of nitrogens with one attached hydrogen (secondary N) is 2. The van der Waals surface area contributed by atoms with Crippen molar-refractivity contribution in [3.8, 4) is 0 Å². The molecule has 118 valence electrons. The molecule has 0 saturated carbocycles.